The van der Waals surface area contributed by atoms with Crippen molar-refractivity contribution in [3.8, 4) is 5.75 Å². The molecule has 0 heterocycles. The van der Waals surface area contributed by atoms with Crippen LogP contribution in [-0.4, -0.2) is 30.3 Å². The molecule has 1 fully saturated rings. The number of para-hydroxylation sites is 1. The first-order valence-electron chi connectivity index (χ1n) is 8.33. The van der Waals surface area contributed by atoms with Gasteiger partial charge in [0, 0.05) is 19.1 Å². The van der Waals surface area contributed by atoms with Crippen LogP contribution >= 0.6 is 0 Å². The molecule has 0 radical (unpaired) electrons. The topological polar surface area (TPSA) is 58.6 Å². The second-order valence-corrected chi connectivity index (χ2v) is 6.01. The fourth-order valence-corrected chi connectivity index (χ4v) is 3.04. The number of benzene rings is 1. The molecule has 0 bridgehead atoms. The highest BCUT2D eigenvalue weighted by atomic mass is 16.5. The summed E-state index contributed by atoms with van der Waals surface area (Å²) >= 11 is 0. The molecule has 22 heavy (non-hydrogen) atoms. The minimum Gasteiger partial charge on any atom is -0.494 e. The summed E-state index contributed by atoms with van der Waals surface area (Å²) in [4.78, 5) is 12.1. The van der Waals surface area contributed by atoms with Gasteiger partial charge in [0.05, 0.1) is 6.61 Å². The summed E-state index contributed by atoms with van der Waals surface area (Å²) in [7, 11) is 0. The molecule has 0 saturated heterocycles. The molecule has 1 aliphatic carbocycles. The summed E-state index contributed by atoms with van der Waals surface area (Å²) < 4.78 is 5.59. The largest absolute Gasteiger partial charge is 0.494 e. The number of carbonyl (C=O) groups is 1. The van der Waals surface area contributed by atoms with E-state index in [2.05, 4.69) is 5.32 Å². The van der Waals surface area contributed by atoms with Crippen LogP contribution in [-0.2, 0) is 11.2 Å². The van der Waals surface area contributed by atoms with Crippen LogP contribution in [0.2, 0.25) is 0 Å². The van der Waals surface area contributed by atoms with E-state index in [1.54, 1.807) is 0 Å². The third-order valence-corrected chi connectivity index (χ3v) is 4.36. The Hall–Kier alpha value is -1.55. The number of aliphatic hydroxyl groups is 1. The van der Waals surface area contributed by atoms with Gasteiger partial charge >= 0.3 is 0 Å². The number of ether oxygens (including phenoxy) is 1. The first kappa shape index (κ1) is 16.8. The molecule has 0 aliphatic heterocycles. The van der Waals surface area contributed by atoms with Gasteiger partial charge < -0.3 is 15.2 Å². The van der Waals surface area contributed by atoms with Crippen LogP contribution < -0.4 is 10.1 Å². The lowest BCUT2D eigenvalue weighted by molar-refractivity contribution is -0.122. The molecule has 1 amide bonds. The highest BCUT2D eigenvalue weighted by molar-refractivity contribution is 5.76. The van der Waals surface area contributed by atoms with Crippen LogP contribution in [0.4, 0.5) is 0 Å². The van der Waals surface area contributed by atoms with E-state index in [4.69, 9.17) is 9.84 Å². The molecular weight excluding hydrogens is 278 g/mol. The predicted molar refractivity (Wildman–Crippen MR) is 86.9 cm³/mol. The molecular formula is C18H27NO3. The molecule has 1 saturated carbocycles. The lowest BCUT2D eigenvalue weighted by atomic mass is 9.86. The zero-order valence-electron chi connectivity index (χ0n) is 13.4. The summed E-state index contributed by atoms with van der Waals surface area (Å²) in [6.45, 7) is 2.87. The minimum absolute atomic E-state index is 0.110. The number of carbonyl (C=O) groups excluding carboxylic acids is 1. The molecule has 1 aromatic carbocycles. The number of rotatable bonds is 7. The smallest absolute Gasteiger partial charge is 0.220 e. The molecule has 2 N–H and O–H groups in total. The maximum absolute atomic E-state index is 12.1. The monoisotopic (exact) mass is 305 g/mol. The Morgan fingerprint density at radius 2 is 2.00 bits per heavy atom. The van der Waals surface area contributed by atoms with Crippen molar-refractivity contribution in [3.63, 3.8) is 0 Å². The maximum Gasteiger partial charge on any atom is 0.220 e. The van der Waals surface area contributed by atoms with Crippen molar-refractivity contribution in [2.45, 2.75) is 51.5 Å². The fourth-order valence-electron chi connectivity index (χ4n) is 3.04. The quantitative estimate of drug-likeness (QED) is 0.814. The second kappa shape index (κ2) is 8.79. The van der Waals surface area contributed by atoms with Crippen LogP contribution in [0.15, 0.2) is 24.3 Å². The van der Waals surface area contributed by atoms with Crippen LogP contribution in [0.25, 0.3) is 0 Å². The molecule has 1 aromatic rings. The van der Waals surface area contributed by atoms with E-state index >= 15 is 0 Å². The SMILES string of the molecule is CCOc1ccccc1CCC(=O)NC1CCC(CO)CC1. The second-order valence-electron chi connectivity index (χ2n) is 6.01. The van der Waals surface area contributed by atoms with E-state index in [-0.39, 0.29) is 18.6 Å². The van der Waals surface area contributed by atoms with Gasteiger partial charge in [0.25, 0.3) is 0 Å². The van der Waals surface area contributed by atoms with Crippen molar-refractivity contribution in [2.24, 2.45) is 5.92 Å². The third kappa shape index (κ3) is 5.02. The van der Waals surface area contributed by atoms with Gasteiger partial charge in [-0.25, -0.2) is 0 Å². The van der Waals surface area contributed by atoms with Crippen molar-refractivity contribution < 1.29 is 14.6 Å². The first-order chi connectivity index (χ1) is 10.7. The summed E-state index contributed by atoms with van der Waals surface area (Å²) in [6.07, 6.45) is 5.17. The van der Waals surface area contributed by atoms with Gasteiger partial charge in [-0.05, 0) is 56.6 Å². The van der Waals surface area contributed by atoms with Crippen molar-refractivity contribution in [1.29, 1.82) is 0 Å². The number of aryl methyl sites for hydroxylation is 1. The van der Waals surface area contributed by atoms with Gasteiger partial charge in [0.1, 0.15) is 5.75 Å². The van der Waals surface area contributed by atoms with Gasteiger partial charge in [0.15, 0.2) is 0 Å². The van der Waals surface area contributed by atoms with Gasteiger partial charge in [0.2, 0.25) is 5.91 Å². The van der Waals surface area contributed by atoms with Crippen LogP contribution in [0, 0.1) is 5.92 Å². The Labute approximate surface area is 132 Å². The molecule has 4 heteroatoms. The summed E-state index contributed by atoms with van der Waals surface area (Å²) in [5.74, 6) is 1.41. The zero-order valence-corrected chi connectivity index (χ0v) is 13.4. The molecule has 0 aromatic heterocycles. The molecule has 1 aliphatic rings. The summed E-state index contributed by atoms with van der Waals surface area (Å²) in [5, 5.41) is 12.3. The van der Waals surface area contributed by atoms with Gasteiger partial charge in [-0.3, -0.25) is 4.79 Å². The van der Waals surface area contributed by atoms with E-state index in [0.29, 0.717) is 25.4 Å². The minimum atomic E-state index is 0.110. The summed E-state index contributed by atoms with van der Waals surface area (Å²) in [6, 6.07) is 8.18. The number of hydrogen-bond donors (Lipinski definition) is 2. The van der Waals surface area contributed by atoms with Crippen molar-refractivity contribution in [3.05, 3.63) is 29.8 Å². The Kier molecular flexibility index (Phi) is 6.72. The van der Waals surface area contributed by atoms with Crippen molar-refractivity contribution in [1.82, 2.24) is 5.32 Å². The van der Waals surface area contributed by atoms with Crippen LogP contribution in [0.1, 0.15) is 44.6 Å². The normalized spacial score (nSPS) is 21.4. The Balaban J connectivity index is 1.76. The Morgan fingerprint density at radius 3 is 2.68 bits per heavy atom. The first-order valence-corrected chi connectivity index (χ1v) is 8.33. The van der Waals surface area contributed by atoms with E-state index in [1.165, 1.54) is 0 Å². The molecule has 2 rings (SSSR count). The third-order valence-electron chi connectivity index (χ3n) is 4.36. The zero-order chi connectivity index (χ0) is 15.8. The number of amides is 1. The number of hydrogen-bond acceptors (Lipinski definition) is 3. The van der Waals surface area contributed by atoms with E-state index < -0.39 is 0 Å². The maximum atomic E-state index is 12.1. The molecule has 122 valence electrons. The Bertz CT molecular complexity index is 467. The van der Waals surface area contributed by atoms with Crippen LogP contribution in [0.5, 0.6) is 5.75 Å². The predicted octanol–water partition coefficient (Wildman–Crippen LogP) is 2.69. The molecule has 0 spiro atoms. The number of aliphatic hydroxyl groups excluding tert-OH is 1. The highest BCUT2D eigenvalue weighted by Gasteiger charge is 2.21. The van der Waals surface area contributed by atoms with Gasteiger partial charge in [-0.1, -0.05) is 18.2 Å². The average Bonchev–Trinajstić information content (AvgIpc) is 2.55. The standard InChI is InChI=1S/C18H27NO3/c1-2-22-17-6-4-3-5-15(17)9-12-18(21)19-16-10-7-14(13-20)8-11-16/h3-6,14,16,20H,2,7-13H2,1H3,(H,19,21). The molecule has 0 unspecified atom stereocenters. The van der Waals surface area contributed by atoms with Crippen molar-refractivity contribution >= 4 is 5.91 Å². The molecule has 4 nitrogen and oxygen atoms in total. The van der Waals surface area contributed by atoms with E-state index in [9.17, 15) is 4.79 Å². The highest BCUT2D eigenvalue weighted by Crippen LogP contribution is 2.24. The van der Waals surface area contributed by atoms with E-state index in [1.807, 2.05) is 31.2 Å². The lowest BCUT2D eigenvalue weighted by Gasteiger charge is -2.28. The van der Waals surface area contributed by atoms with E-state index in [0.717, 1.165) is 37.0 Å². The average molecular weight is 305 g/mol. The Morgan fingerprint density at radius 1 is 1.27 bits per heavy atom. The van der Waals surface area contributed by atoms with Crippen LogP contribution in [0.3, 0.4) is 0 Å². The van der Waals surface area contributed by atoms with Gasteiger partial charge in [-0.2, -0.15) is 0 Å². The summed E-state index contributed by atoms with van der Waals surface area (Å²) in [5.41, 5.74) is 1.09. The lowest BCUT2D eigenvalue weighted by Crippen LogP contribution is -2.38. The number of nitrogens with one attached hydrogen (secondary N) is 1. The van der Waals surface area contributed by atoms with Crippen molar-refractivity contribution in [2.75, 3.05) is 13.2 Å². The molecule has 0 atom stereocenters. The fraction of sp³-hybridized carbons (Fsp3) is 0.611. The van der Waals surface area contributed by atoms with Gasteiger partial charge in [-0.15, -0.1) is 0 Å².